The van der Waals surface area contributed by atoms with Crippen LogP contribution >= 0.6 is 0 Å². The average Bonchev–Trinajstić information content (AvgIpc) is 3.23. The summed E-state index contributed by atoms with van der Waals surface area (Å²) >= 11 is 0. The molecule has 2 saturated heterocycles. The Morgan fingerprint density at radius 3 is 2.39 bits per heavy atom. The van der Waals surface area contributed by atoms with Crippen molar-refractivity contribution in [3.63, 3.8) is 0 Å². The SMILES string of the molecule is O=C1NC(=O)N(Cc2ccco2)C(=O)C1=CN1CCN(c2ccccc2)CC1. The molecule has 2 aromatic rings. The Kier molecular flexibility index (Phi) is 4.84. The molecule has 0 spiro atoms. The molecule has 0 radical (unpaired) electrons. The lowest BCUT2D eigenvalue weighted by molar-refractivity contribution is -0.130. The van der Waals surface area contributed by atoms with Crippen LogP contribution in [0, 0.1) is 0 Å². The third kappa shape index (κ3) is 3.62. The minimum absolute atomic E-state index is 0.0237. The van der Waals surface area contributed by atoms with Gasteiger partial charge in [0.25, 0.3) is 11.8 Å². The number of furan rings is 1. The van der Waals surface area contributed by atoms with Crippen molar-refractivity contribution in [2.75, 3.05) is 31.1 Å². The second-order valence-corrected chi connectivity index (χ2v) is 6.63. The first-order chi connectivity index (χ1) is 13.6. The van der Waals surface area contributed by atoms with E-state index in [1.165, 1.54) is 6.26 Å². The zero-order valence-corrected chi connectivity index (χ0v) is 15.2. The molecule has 0 atom stereocenters. The molecular formula is C20H20N4O4. The van der Waals surface area contributed by atoms with E-state index in [1.54, 1.807) is 18.3 Å². The second-order valence-electron chi connectivity index (χ2n) is 6.63. The number of rotatable bonds is 4. The van der Waals surface area contributed by atoms with Crippen LogP contribution in [-0.4, -0.2) is 53.8 Å². The van der Waals surface area contributed by atoms with Crippen molar-refractivity contribution in [3.05, 3.63) is 66.3 Å². The maximum absolute atomic E-state index is 12.7. The highest BCUT2D eigenvalue weighted by Gasteiger charge is 2.36. The van der Waals surface area contributed by atoms with Gasteiger partial charge in [0.2, 0.25) is 0 Å². The molecule has 28 heavy (non-hydrogen) atoms. The summed E-state index contributed by atoms with van der Waals surface area (Å²) in [4.78, 5) is 42.2. The van der Waals surface area contributed by atoms with Crippen molar-refractivity contribution in [3.8, 4) is 0 Å². The molecule has 0 unspecified atom stereocenters. The Balaban J connectivity index is 1.45. The molecule has 1 aromatic carbocycles. The van der Waals surface area contributed by atoms with E-state index in [2.05, 4.69) is 22.3 Å². The fraction of sp³-hybridized carbons (Fsp3) is 0.250. The highest BCUT2D eigenvalue weighted by molar-refractivity contribution is 6.28. The molecule has 4 amide bonds. The quantitative estimate of drug-likeness (QED) is 0.640. The number of para-hydroxylation sites is 1. The van der Waals surface area contributed by atoms with Crippen LogP contribution in [0.25, 0.3) is 0 Å². The van der Waals surface area contributed by atoms with Crippen molar-refractivity contribution in [2.24, 2.45) is 0 Å². The summed E-state index contributed by atoms with van der Waals surface area (Å²) in [5, 5.41) is 2.23. The molecule has 0 saturated carbocycles. The Bertz CT molecular complexity index is 900. The van der Waals surface area contributed by atoms with Gasteiger partial charge in [0, 0.05) is 38.1 Å². The van der Waals surface area contributed by atoms with Gasteiger partial charge in [-0.3, -0.25) is 19.8 Å². The monoisotopic (exact) mass is 380 g/mol. The summed E-state index contributed by atoms with van der Waals surface area (Å²) in [6, 6.07) is 12.7. The van der Waals surface area contributed by atoms with E-state index in [1.807, 2.05) is 23.1 Å². The van der Waals surface area contributed by atoms with E-state index < -0.39 is 17.8 Å². The van der Waals surface area contributed by atoms with Crippen LogP contribution in [-0.2, 0) is 16.1 Å². The van der Waals surface area contributed by atoms with Gasteiger partial charge in [0.05, 0.1) is 12.8 Å². The molecule has 2 aliphatic heterocycles. The smallest absolute Gasteiger partial charge is 0.331 e. The van der Waals surface area contributed by atoms with E-state index >= 15 is 0 Å². The minimum Gasteiger partial charge on any atom is -0.467 e. The van der Waals surface area contributed by atoms with Gasteiger partial charge in [-0.25, -0.2) is 4.79 Å². The molecular weight excluding hydrogens is 360 g/mol. The maximum Gasteiger partial charge on any atom is 0.331 e. The number of hydrogen-bond donors (Lipinski definition) is 1. The summed E-state index contributed by atoms with van der Waals surface area (Å²) in [5.41, 5.74) is 1.11. The van der Waals surface area contributed by atoms with E-state index in [4.69, 9.17) is 4.42 Å². The first-order valence-corrected chi connectivity index (χ1v) is 9.07. The predicted molar refractivity (Wildman–Crippen MR) is 101 cm³/mol. The lowest BCUT2D eigenvalue weighted by Gasteiger charge is -2.36. The number of nitrogens with one attached hydrogen (secondary N) is 1. The normalized spacial score (nSPS) is 19.4. The molecule has 144 valence electrons. The molecule has 8 nitrogen and oxygen atoms in total. The summed E-state index contributed by atoms with van der Waals surface area (Å²) in [5.74, 6) is -0.819. The van der Waals surface area contributed by atoms with Crippen molar-refractivity contribution in [2.45, 2.75) is 6.54 Å². The topological polar surface area (TPSA) is 86.1 Å². The zero-order chi connectivity index (χ0) is 19.5. The number of carbonyl (C=O) groups is 3. The lowest BCUT2D eigenvalue weighted by Crippen LogP contribution is -2.54. The molecule has 0 aliphatic carbocycles. The Morgan fingerprint density at radius 2 is 1.71 bits per heavy atom. The van der Waals surface area contributed by atoms with Crippen LogP contribution in [0.2, 0.25) is 0 Å². The molecule has 4 rings (SSSR count). The first-order valence-electron chi connectivity index (χ1n) is 9.07. The number of piperazine rings is 1. The van der Waals surface area contributed by atoms with Gasteiger partial charge in [0.15, 0.2) is 0 Å². The third-order valence-corrected chi connectivity index (χ3v) is 4.83. The molecule has 1 aromatic heterocycles. The Morgan fingerprint density at radius 1 is 0.964 bits per heavy atom. The van der Waals surface area contributed by atoms with Gasteiger partial charge in [0.1, 0.15) is 11.3 Å². The average molecular weight is 380 g/mol. The second kappa shape index (κ2) is 7.59. The van der Waals surface area contributed by atoms with Gasteiger partial charge in [-0.2, -0.15) is 0 Å². The van der Waals surface area contributed by atoms with Crippen LogP contribution < -0.4 is 10.2 Å². The number of hydrogen-bond acceptors (Lipinski definition) is 6. The molecule has 8 heteroatoms. The summed E-state index contributed by atoms with van der Waals surface area (Å²) in [7, 11) is 0. The Labute approximate surface area is 162 Å². The summed E-state index contributed by atoms with van der Waals surface area (Å²) < 4.78 is 5.20. The van der Waals surface area contributed by atoms with Crippen molar-refractivity contribution in [1.29, 1.82) is 0 Å². The molecule has 3 heterocycles. The van der Waals surface area contributed by atoms with E-state index in [-0.39, 0.29) is 12.1 Å². The van der Waals surface area contributed by atoms with Crippen LogP contribution in [0.15, 0.2) is 64.9 Å². The highest BCUT2D eigenvalue weighted by Crippen LogP contribution is 2.18. The number of urea groups is 1. The zero-order valence-electron chi connectivity index (χ0n) is 15.2. The van der Waals surface area contributed by atoms with Gasteiger partial charge >= 0.3 is 6.03 Å². The highest BCUT2D eigenvalue weighted by atomic mass is 16.3. The summed E-state index contributed by atoms with van der Waals surface area (Å²) in [6.45, 7) is 2.87. The first kappa shape index (κ1) is 17.8. The van der Waals surface area contributed by atoms with Gasteiger partial charge in [-0.1, -0.05) is 18.2 Å². The van der Waals surface area contributed by atoms with Crippen molar-refractivity contribution < 1.29 is 18.8 Å². The van der Waals surface area contributed by atoms with Crippen molar-refractivity contribution >= 4 is 23.5 Å². The Hall–Kier alpha value is -3.55. The largest absolute Gasteiger partial charge is 0.467 e. The van der Waals surface area contributed by atoms with Crippen LogP contribution in [0.4, 0.5) is 10.5 Å². The lowest BCUT2D eigenvalue weighted by atomic mass is 10.1. The fourth-order valence-electron chi connectivity index (χ4n) is 3.31. The standard InChI is InChI=1S/C20H20N4O4/c25-18-17(19(26)24(20(27)21-18)13-16-7-4-12-28-16)14-22-8-10-23(11-9-22)15-5-2-1-3-6-15/h1-7,12,14H,8-11,13H2,(H,21,25,27). The van der Waals surface area contributed by atoms with Crippen LogP contribution in [0.3, 0.4) is 0 Å². The number of nitrogens with zero attached hydrogens (tertiary/aromatic N) is 3. The third-order valence-electron chi connectivity index (χ3n) is 4.83. The minimum atomic E-state index is -0.738. The number of amides is 4. The molecule has 0 bridgehead atoms. The number of imide groups is 2. The number of benzene rings is 1. The van der Waals surface area contributed by atoms with E-state index in [9.17, 15) is 14.4 Å². The number of carbonyl (C=O) groups excluding carboxylic acids is 3. The molecule has 2 aliphatic rings. The predicted octanol–water partition coefficient (Wildman–Crippen LogP) is 1.56. The van der Waals surface area contributed by atoms with Gasteiger partial charge < -0.3 is 14.2 Å². The van der Waals surface area contributed by atoms with E-state index in [0.717, 1.165) is 23.7 Å². The summed E-state index contributed by atoms with van der Waals surface area (Å²) in [6.07, 6.45) is 3.03. The van der Waals surface area contributed by atoms with Crippen molar-refractivity contribution in [1.82, 2.24) is 15.1 Å². The van der Waals surface area contributed by atoms with Crippen LogP contribution in [0.1, 0.15) is 5.76 Å². The number of anilines is 1. The molecule has 1 N–H and O–H groups in total. The maximum atomic E-state index is 12.7. The van der Waals surface area contributed by atoms with E-state index in [0.29, 0.717) is 18.8 Å². The van der Waals surface area contributed by atoms with Crippen LogP contribution in [0.5, 0.6) is 0 Å². The van der Waals surface area contributed by atoms with Gasteiger partial charge in [-0.05, 0) is 24.3 Å². The van der Waals surface area contributed by atoms with Gasteiger partial charge in [-0.15, -0.1) is 0 Å². The molecule has 2 fully saturated rings. The number of barbiturate groups is 1. The fourth-order valence-corrected chi connectivity index (χ4v) is 3.31.